The fourth-order valence-corrected chi connectivity index (χ4v) is 3.05. The minimum atomic E-state index is -0.430. The molecule has 1 fully saturated rings. The van der Waals surface area contributed by atoms with Crippen molar-refractivity contribution in [2.45, 2.75) is 44.7 Å². The van der Waals surface area contributed by atoms with Gasteiger partial charge in [0.2, 0.25) is 5.89 Å². The maximum atomic E-state index is 12.6. The Hall–Kier alpha value is -2.25. The van der Waals surface area contributed by atoms with Gasteiger partial charge in [-0.1, -0.05) is 17.3 Å². The third kappa shape index (κ3) is 3.05. The Morgan fingerprint density at radius 2 is 2.16 bits per heavy atom. The van der Waals surface area contributed by atoms with E-state index in [1.165, 1.54) is 0 Å². The van der Waals surface area contributed by atoms with Gasteiger partial charge in [0.25, 0.3) is 5.56 Å². The highest BCUT2D eigenvalue weighted by Gasteiger charge is 2.38. The van der Waals surface area contributed by atoms with E-state index in [4.69, 9.17) is 10.3 Å². The van der Waals surface area contributed by atoms with E-state index in [0.29, 0.717) is 30.1 Å². The molecule has 1 saturated carbocycles. The Morgan fingerprint density at radius 3 is 2.88 bits per heavy atom. The van der Waals surface area contributed by atoms with Crippen LogP contribution in [0.4, 0.5) is 0 Å². The summed E-state index contributed by atoms with van der Waals surface area (Å²) in [6, 6.07) is 5.62. The van der Waals surface area contributed by atoms with E-state index in [1.54, 1.807) is 17.0 Å². The van der Waals surface area contributed by atoms with Gasteiger partial charge in [-0.15, -0.1) is 12.4 Å². The van der Waals surface area contributed by atoms with Gasteiger partial charge in [-0.3, -0.25) is 9.36 Å². The molecule has 4 rings (SSSR count). The first-order valence-electron chi connectivity index (χ1n) is 8.13. The molecule has 7 nitrogen and oxygen atoms in total. The first kappa shape index (κ1) is 17.6. The van der Waals surface area contributed by atoms with Gasteiger partial charge in [0, 0.05) is 13.0 Å². The highest BCUT2D eigenvalue weighted by atomic mass is 35.5. The number of hydrogen-bond acceptors (Lipinski definition) is 6. The Morgan fingerprint density at radius 1 is 1.36 bits per heavy atom. The Bertz CT molecular complexity index is 961. The highest BCUT2D eigenvalue weighted by molar-refractivity contribution is 5.85. The number of para-hydroxylation sites is 1. The number of halogens is 1. The maximum absolute atomic E-state index is 12.6. The lowest BCUT2D eigenvalue weighted by molar-refractivity contribution is 0.229. The zero-order valence-electron chi connectivity index (χ0n) is 13.9. The summed E-state index contributed by atoms with van der Waals surface area (Å²) in [6.45, 7) is 2.39. The topological polar surface area (TPSA) is 99.8 Å². The SMILES string of the molecule is Cc1cccc2c(=O)n(CCc3nc(C4(N)CCC4)no3)cnc12.Cl. The lowest BCUT2D eigenvalue weighted by atomic mass is 9.77. The summed E-state index contributed by atoms with van der Waals surface area (Å²) in [6.07, 6.45) is 4.92. The second kappa shape index (κ2) is 6.57. The Balaban J connectivity index is 0.00000182. The monoisotopic (exact) mass is 361 g/mol. The second-order valence-electron chi connectivity index (χ2n) is 6.49. The van der Waals surface area contributed by atoms with E-state index < -0.39 is 5.54 Å². The first-order valence-corrected chi connectivity index (χ1v) is 8.13. The molecular formula is C17H20ClN5O2. The number of fused-ring (bicyclic) bond motifs is 1. The van der Waals surface area contributed by atoms with Crippen molar-refractivity contribution < 1.29 is 4.52 Å². The molecule has 1 aliphatic rings. The summed E-state index contributed by atoms with van der Waals surface area (Å²) >= 11 is 0. The van der Waals surface area contributed by atoms with Crippen LogP contribution in [0, 0.1) is 6.92 Å². The van der Waals surface area contributed by atoms with Gasteiger partial charge in [-0.05, 0) is 37.8 Å². The van der Waals surface area contributed by atoms with Crippen molar-refractivity contribution in [1.29, 1.82) is 0 Å². The first-order chi connectivity index (χ1) is 11.6. The second-order valence-corrected chi connectivity index (χ2v) is 6.49. The molecule has 0 spiro atoms. The average Bonchev–Trinajstić information content (AvgIpc) is 3.02. The molecule has 0 aliphatic heterocycles. The maximum Gasteiger partial charge on any atom is 0.261 e. The molecule has 0 unspecified atom stereocenters. The van der Waals surface area contributed by atoms with Crippen molar-refractivity contribution in [1.82, 2.24) is 19.7 Å². The van der Waals surface area contributed by atoms with Gasteiger partial charge < -0.3 is 10.3 Å². The molecule has 2 aromatic heterocycles. The molecule has 0 amide bonds. The standard InChI is InChI=1S/C17H19N5O2.ClH/c1-11-4-2-5-12-14(11)19-10-22(15(12)23)9-6-13-20-16(21-24-13)17(18)7-3-8-17;/h2,4-5,10H,3,6-9,18H2,1H3;1H. The van der Waals surface area contributed by atoms with Crippen molar-refractivity contribution in [2.75, 3.05) is 0 Å². The van der Waals surface area contributed by atoms with Gasteiger partial charge in [0.05, 0.1) is 22.8 Å². The smallest absolute Gasteiger partial charge is 0.261 e. The van der Waals surface area contributed by atoms with Crippen LogP contribution in [0.2, 0.25) is 0 Å². The molecule has 0 bridgehead atoms. The number of benzene rings is 1. The molecule has 0 saturated heterocycles. The molecule has 1 aliphatic carbocycles. The number of hydrogen-bond donors (Lipinski definition) is 1. The summed E-state index contributed by atoms with van der Waals surface area (Å²) in [4.78, 5) is 21.3. The molecule has 25 heavy (non-hydrogen) atoms. The van der Waals surface area contributed by atoms with Crippen LogP contribution in [-0.4, -0.2) is 19.7 Å². The van der Waals surface area contributed by atoms with Crippen LogP contribution in [0.25, 0.3) is 10.9 Å². The zero-order valence-corrected chi connectivity index (χ0v) is 14.8. The highest BCUT2D eigenvalue weighted by Crippen LogP contribution is 2.36. The van der Waals surface area contributed by atoms with Crippen LogP contribution in [-0.2, 0) is 18.5 Å². The number of nitrogens with two attached hydrogens (primary N) is 1. The van der Waals surface area contributed by atoms with Crippen molar-refractivity contribution in [3.05, 3.63) is 52.2 Å². The van der Waals surface area contributed by atoms with Gasteiger partial charge in [-0.2, -0.15) is 4.98 Å². The summed E-state index contributed by atoms with van der Waals surface area (Å²) in [7, 11) is 0. The van der Waals surface area contributed by atoms with Gasteiger partial charge in [0.15, 0.2) is 5.82 Å². The molecular weight excluding hydrogens is 342 g/mol. The van der Waals surface area contributed by atoms with Crippen LogP contribution in [0.1, 0.15) is 36.5 Å². The third-order valence-electron chi connectivity index (χ3n) is 4.78. The Kier molecular flexibility index (Phi) is 4.62. The van der Waals surface area contributed by atoms with Gasteiger partial charge in [0.1, 0.15) is 0 Å². The Labute approximate surface area is 150 Å². The lowest BCUT2D eigenvalue weighted by Gasteiger charge is -2.34. The number of aryl methyl sites for hydroxylation is 3. The van der Waals surface area contributed by atoms with Crippen molar-refractivity contribution in [3.8, 4) is 0 Å². The molecule has 8 heteroatoms. The van der Waals surface area contributed by atoms with Crippen LogP contribution in [0.5, 0.6) is 0 Å². The zero-order chi connectivity index (χ0) is 16.7. The average molecular weight is 362 g/mol. The predicted octanol–water partition coefficient (Wildman–Crippen LogP) is 2.09. The van der Waals surface area contributed by atoms with Crippen LogP contribution >= 0.6 is 12.4 Å². The van der Waals surface area contributed by atoms with Crippen LogP contribution in [0.3, 0.4) is 0 Å². The van der Waals surface area contributed by atoms with Gasteiger partial charge in [-0.25, -0.2) is 4.98 Å². The summed E-state index contributed by atoms with van der Waals surface area (Å²) in [5.74, 6) is 1.07. The van der Waals surface area contributed by atoms with Crippen molar-refractivity contribution in [3.63, 3.8) is 0 Å². The van der Waals surface area contributed by atoms with Crippen LogP contribution < -0.4 is 11.3 Å². The number of rotatable bonds is 4. The van der Waals surface area contributed by atoms with E-state index in [-0.39, 0.29) is 18.0 Å². The molecule has 0 radical (unpaired) electrons. The largest absolute Gasteiger partial charge is 0.339 e. The van der Waals surface area contributed by atoms with E-state index in [9.17, 15) is 4.79 Å². The fraction of sp³-hybridized carbons (Fsp3) is 0.412. The number of aromatic nitrogens is 4. The molecule has 3 aromatic rings. The van der Waals surface area contributed by atoms with E-state index in [1.807, 2.05) is 19.1 Å². The van der Waals surface area contributed by atoms with Crippen molar-refractivity contribution in [2.24, 2.45) is 5.73 Å². The van der Waals surface area contributed by atoms with Crippen LogP contribution in [0.15, 0.2) is 33.8 Å². The normalized spacial score (nSPS) is 15.6. The van der Waals surface area contributed by atoms with E-state index in [0.717, 1.165) is 30.3 Å². The predicted molar refractivity (Wildman–Crippen MR) is 95.7 cm³/mol. The van der Waals surface area contributed by atoms with Crippen molar-refractivity contribution >= 4 is 23.3 Å². The van der Waals surface area contributed by atoms with E-state index >= 15 is 0 Å². The van der Waals surface area contributed by atoms with Gasteiger partial charge >= 0.3 is 0 Å². The minimum Gasteiger partial charge on any atom is -0.339 e. The summed E-state index contributed by atoms with van der Waals surface area (Å²) in [5.41, 5.74) is 7.44. The number of nitrogens with zero attached hydrogens (tertiary/aromatic N) is 4. The van der Waals surface area contributed by atoms with E-state index in [2.05, 4.69) is 15.1 Å². The fourth-order valence-electron chi connectivity index (χ4n) is 3.05. The molecule has 132 valence electrons. The molecule has 1 aromatic carbocycles. The molecule has 2 N–H and O–H groups in total. The third-order valence-corrected chi connectivity index (χ3v) is 4.78. The lowest BCUT2D eigenvalue weighted by Crippen LogP contribution is -2.44. The molecule has 2 heterocycles. The summed E-state index contributed by atoms with van der Waals surface area (Å²) in [5, 5.41) is 4.62. The minimum absolute atomic E-state index is 0. The quantitative estimate of drug-likeness (QED) is 0.763. The summed E-state index contributed by atoms with van der Waals surface area (Å²) < 4.78 is 6.85. The molecule has 0 atom stereocenters.